The van der Waals surface area contributed by atoms with Gasteiger partial charge in [-0.3, -0.25) is 0 Å². The molecule has 0 aliphatic rings. The van der Waals surface area contributed by atoms with Crippen LogP contribution in [-0.4, -0.2) is 112 Å². The van der Waals surface area contributed by atoms with E-state index in [9.17, 15) is 137 Å². The third kappa shape index (κ3) is 8.41. The minimum atomic E-state index is -8.97. The lowest BCUT2D eigenvalue weighted by atomic mass is 9.88. The quantitative estimate of drug-likeness (QED) is 0.0690. The van der Waals surface area contributed by atoms with Crippen LogP contribution >= 0.6 is 23.5 Å². The van der Waals surface area contributed by atoms with Crippen molar-refractivity contribution in [2.75, 3.05) is 18.1 Å². The normalized spacial score (nSPS) is 16.6. The summed E-state index contributed by atoms with van der Waals surface area (Å²) in [5.74, 6) is -105. The maximum absolute atomic E-state index is 14.1. The molecule has 0 saturated heterocycles. The first-order valence-electron chi connectivity index (χ1n) is 13.1. The number of rotatable bonds is 20. The maximum Gasteiger partial charge on any atom is 0.460 e. The Morgan fingerprint density at radius 1 is 0.393 bits per heavy atom. The first-order chi connectivity index (χ1) is 24.0. The highest BCUT2D eigenvalue weighted by atomic mass is 32.2. The third-order valence-corrected chi connectivity index (χ3v) is 9.32. The van der Waals surface area contributed by atoms with E-state index in [1.165, 1.54) is 0 Å². The van der Waals surface area contributed by atoms with Gasteiger partial charge in [-0.25, -0.2) is 4.79 Å². The van der Waals surface area contributed by atoms with Crippen LogP contribution in [0.4, 0.5) is 132 Å². The van der Waals surface area contributed by atoms with Gasteiger partial charge in [0.05, 0.1) is 6.61 Å². The lowest BCUT2D eigenvalue weighted by Crippen LogP contribution is -2.74. The van der Waals surface area contributed by atoms with Crippen molar-refractivity contribution in [3.05, 3.63) is 0 Å². The predicted octanol–water partition coefficient (Wildman–Crippen LogP) is 11.9. The van der Waals surface area contributed by atoms with E-state index in [1.54, 1.807) is 0 Å². The van der Waals surface area contributed by atoms with Crippen LogP contribution in [0.1, 0.15) is 19.8 Å². The minimum Gasteiger partial charge on any atom is -0.465 e. The molecular weight excluding hydrogens is 930 g/mol. The van der Waals surface area contributed by atoms with Crippen molar-refractivity contribution in [3.8, 4) is 0 Å². The van der Waals surface area contributed by atoms with E-state index in [0.29, 0.717) is 0 Å². The molecule has 0 aromatic carbocycles. The SMILES string of the molecule is CCOC(=O)C(SCCC(F)(F)C(F)(F)C(F)(F)C(F)(F)C(F)(F)C(F)(F)F)SCCC(F)(F)C(F)(F)C(F)(F)C(F)(F)C(F)(F)C(F)(F)C(F)(F)C(F)(F)F. The van der Waals surface area contributed by atoms with E-state index in [4.69, 9.17) is 0 Å². The van der Waals surface area contributed by atoms with Gasteiger partial charge in [-0.1, -0.05) is 0 Å². The molecule has 0 bridgehead atoms. The van der Waals surface area contributed by atoms with Gasteiger partial charge in [0.1, 0.15) is 4.58 Å². The molecule has 0 aromatic heterocycles. The second kappa shape index (κ2) is 15.6. The molecule has 1 atom stereocenters. The molecule has 0 spiro atoms. The molecule has 0 saturated carbocycles. The number of esters is 1. The van der Waals surface area contributed by atoms with Crippen molar-refractivity contribution < 1.29 is 141 Å². The zero-order valence-corrected chi connectivity index (χ0v) is 27.2. The largest absolute Gasteiger partial charge is 0.465 e. The van der Waals surface area contributed by atoms with Crippen molar-refractivity contribution in [2.24, 2.45) is 0 Å². The lowest BCUT2D eigenvalue weighted by Gasteiger charge is -2.42. The fourth-order valence-electron chi connectivity index (χ4n) is 3.30. The fourth-order valence-corrected chi connectivity index (χ4v) is 5.84. The second-order valence-electron chi connectivity index (χ2n) is 10.5. The smallest absolute Gasteiger partial charge is 0.460 e. The molecule has 0 N–H and O–H groups in total. The first kappa shape index (κ1) is 54.1. The van der Waals surface area contributed by atoms with Crippen molar-refractivity contribution in [3.63, 3.8) is 0 Å². The van der Waals surface area contributed by atoms with Gasteiger partial charge in [0.25, 0.3) is 0 Å². The Balaban J connectivity index is 6.38. The Hall–Kier alpha value is -1.93. The highest BCUT2D eigenvalue weighted by molar-refractivity contribution is 8.18. The van der Waals surface area contributed by atoms with Gasteiger partial charge < -0.3 is 4.74 Å². The molecule has 0 radical (unpaired) electrons. The van der Waals surface area contributed by atoms with Crippen LogP contribution in [0.5, 0.6) is 0 Å². The van der Waals surface area contributed by atoms with Crippen LogP contribution < -0.4 is 0 Å². The van der Waals surface area contributed by atoms with Crippen LogP contribution in [0, 0.1) is 0 Å². The highest BCUT2D eigenvalue weighted by Crippen LogP contribution is 2.65. The molecule has 1 unspecified atom stereocenters. The molecule has 0 rings (SSSR count). The third-order valence-electron chi connectivity index (χ3n) is 6.64. The number of carbonyl (C=O) groups is 1. The Labute approximate surface area is 297 Å². The number of carbonyl (C=O) groups excluding carboxylic acids is 1. The molecule has 0 amide bonds. The molecule has 0 aliphatic carbocycles. The van der Waals surface area contributed by atoms with Crippen LogP contribution in [-0.2, 0) is 9.53 Å². The molecule has 0 fully saturated rings. The standard InChI is InChI=1S/C22H14F30O2S2/c1-2-54-7(53)8(56-6-4-10(25,26)12(29,30)14(33,34)17(39,40)19(43,44)21(47,48)49)55-5-3-9(23,24)11(27,28)13(31,32)15(35,36)16(37,38)18(41,42)20(45,46)22(50,51)52/h8H,2-6H2,1H3. The summed E-state index contributed by atoms with van der Waals surface area (Å²) in [6.45, 7) is -0.0833. The van der Waals surface area contributed by atoms with Gasteiger partial charge >= 0.3 is 89.4 Å². The molecule has 2 nitrogen and oxygen atoms in total. The van der Waals surface area contributed by atoms with Crippen molar-refractivity contribution in [1.82, 2.24) is 0 Å². The van der Waals surface area contributed by atoms with E-state index in [1.807, 2.05) is 0 Å². The Morgan fingerprint density at radius 3 is 0.821 bits per heavy atom. The fraction of sp³-hybridized carbons (Fsp3) is 0.955. The van der Waals surface area contributed by atoms with E-state index >= 15 is 0 Å². The van der Waals surface area contributed by atoms with Gasteiger partial charge in [-0.15, -0.1) is 23.5 Å². The summed E-state index contributed by atoms with van der Waals surface area (Å²) in [6, 6.07) is 0. The number of thioether (sulfide) groups is 2. The van der Waals surface area contributed by atoms with Crippen LogP contribution in [0.2, 0.25) is 0 Å². The summed E-state index contributed by atoms with van der Waals surface area (Å²) >= 11 is -1.67. The average Bonchev–Trinajstić information content (AvgIpc) is 2.98. The molecule has 0 aromatic rings. The summed E-state index contributed by atoms with van der Waals surface area (Å²) in [6.07, 6.45) is -22.1. The van der Waals surface area contributed by atoms with E-state index in [2.05, 4.69) is 4.74 Å². The predicted molar refractivity (Wildman–Crippen MR) is 126 cm³/mol. The second-order valence-corrected chi connectivity index (χ2v) is 13.2. The van der Waals surface area contributed by atoms with Gasteiger partial charge in [-0.05, 0) is 6.92 Å². The Kier molecular flexibility index (Phi) is 15.1. The van der Waals surface area contributed by atoms with Gasteiger partial charge in [-0.2, -0.15) is 132 Å². The van der Waals surface area contributed by atoms with Crippen molar-refractivity contribution in [2.45, 2.75) is 108 Å². The number of halogens is 30. The highest BCUT2D eigenvalue weighted by Gasteiger charge is 2.95. The summed E-state index contributed by atoms with van der Waals surface area (Å²) in [5, 5.41) is 0. The summed E-state index contributed by atoms with van der Waals surface area (Å²) in [7, 11) is 0. The zero-order chi connectivity index (χ0) is 45.8. The van der Waals surface area contributed by atoms with Crippen LogP contribution in [0.25, 0.3) is 0 Å². The van der Waals surface area contributed by atoms with E-state index in [0.717, 1.165) is 6.92 Å². The van der Waals surface area contributed by atoms with Crippen LogP contribution in [0.3, 0.4) is 0 Å². The van der Waals surface area contributed by atoms with E-state index in [-0.39, 0.29) is 0 Å². The molecule has 0 aliphatic heterocycles. The number of hydrogen-bond donors (Lipinski definition) is 0. The lowest BCUT2D eigenvalue weighted by molar-refractivity contribution is -0.461. The van der Waals surface area contributed by atoms with Gasteiger partial charge in [0.2, 0.25) is 0 Å². The molecule has 336 valence electrons. The number of alkyl halides is 30. The topological polar surface area (TPSA) is 26.3 Å². The molecular formula is C22H14F30O2S2. The van der Waals surface area contributed by atoms with Crippen molar-refractivity contribution in [1.29, 1.82) is 0 Å². The molecule has 0 heterocycles. The van der Waals surface area contributed by atoms with E-state index < -0.39 is 148 Å². The summed E-state index contributed by atoms with van der Waals surface area (Å²) in [4.78, 5) is 11.9. The Bertz CT molecular complexity index is 1350. The number of hydrogen-bond acceptors (Lipinski definition) is 4. The average molecular weight is 944 g/mol. The van der Waals surface area contributed by atoms with Crippen LogP contribution in [0.15, 0.2) is 0 Å². The molecule has 34 heteroatoms. The summed E-state index contributed by atoms with van der Waals surface area (Å²) < 4.78 is 401. The van der Waals surface area contributed by atoms with Gasteiger partial charge in [0, 0.05) is 24.3 Å². The first-order valence-corrected chi connectivity index (χ1v) is 15.2. The minimum absolute atomic E-state index is 0.813. The zero-order valence-electron chi connectivity index (χ0n) is 25.6. The summed E-state index contributed by atoms with van der Waals surface area (Å²) in [5.41, 5.74) is 0. The Morgan fingerprint density at radius 2 is 0.607 bits per heavy atom. The monoisotopic (exact) mass is 944 g/mol. The molecule has 56 heavy (non-hydrogen) atoms. The maximum atomic E-state index is 14.1. The van der Waals surface area contributed by atoms with Crippen molar-refractivity contribution >= 4 is 29.5 Å². The number of ether oxygens (including phenoxy) is 1. The van der Waals surface area contributed by atoms with Gasteiger partial charge in [0.15, 0.2) is 0 Å².